The molecule has 1 atom stereocenters. The Balaban J connectivity index is 2.79. The van der Waals surface area contributed by atoms with Gasteiger partial charge < -0.3 is 19.9 Å². The van der Waals surface area contributed by atoms with Crippen molar-refractivity contribution >= 4 is 11.6 Å². The fourth-order valence-corrected chi connectivity index (χ4v) is 1.87. The molecular weight excluding hydrogens is 254 g/mol. The normalized spacial score (nSPS) is 12.3. The van der Waals surface area contributed by atoms with Gasteiger partial charge in [0.15, 0.2) is 11.5 Å². The van der Waals surface area contributed by atoms with Crippen LogP contribution in [0.25, 0.3) is 0 Å². The van der Waals surface area contributed by atoms with Crippen molar-refractivity contribution in [1.82, 2.24) is 5.32 Å². The van der Waals surface area contributed by atoms with Crippen molar-refractivity contribution in [3.8, 4) is 11.5 Å². The minimum atomic E-state index is -0.370. The third kappa shape index (κ3) is 4.37. The number of benzene rings is 1. The first-order valence-electron chi connectivity index (χ1n) is 5.96. The zero-order valence-corrected chi connectivity index (χ0v) is 11.8. The van der Waals surface area contributed by atoms with Gasteiger partial charge in [0.05, 0.1) is 24.8 Å². The second kappa shape index (κ2) is 7.46. The third-order valence-electron chi connectivity index (χ3n) is 2.35. The largest absolute Gasteiger partial charge is 0.493 e. The predicted octanol–water partition coefficient (Wildman–Crippen LogP) is 2.22. The van der Waals surface area contributed by atoms with Crippen LogP contribution in [0, 0.1) is 0 Å². The molecule has 0 saturated carbocycles. The average molecular weight is 274 g/mol. The number of halogens is 1. The molecule has 0 spiro atoms. The zero-order chi connectivity index (χ0) is 13.5. The lowest BCUT2D eigenvalue weighted by Crippen LogP contribution is -2.23. The highest BCUT2D eigenvalue weighted by atomic mass is 35.5. The van der Waals surface area contributed by atoms with E-state index in [1.165, 1.54) is 0 Å². The zero-order valence-electron chi connectivity index (χ0n) is 11.0. The molecule has 0 amide bonds. The molecular formula is C13H20ClNO3. The number of ether oxygens (including phenoxy) is 2. The molecule has 0 heterocycles. The fraction of sp³-hybridized carbons (Fsp3) is 0.538. The van der Waals surface area contributed by atoms with E-state index in [0.717, 1.165) is 5.56 Å². The van der Waals surface area contributed by atoms with Crippen molar-refractivity contribution in [3.63, 3.8) is 0 Å². The monoisotopic (exact) mass is 273 g/mol. The predicted molar refractivity (Wildman–Crippen MR) is 72.6 cm³/mol. The van der Waals surface area contributed by atoms with E-state index in [-0.39, 0.29) is 6.10 Å². The smallest absolute Gasteiger partial charge is 0.179 e. The molecule has 1 unspecified atom stereocenters. The van der Waals surface area contributed by atoms with Crippen LogP contribution in [0.15, 0.2) is 12.1 Å². The molecule has 0 radical (unpaired) electrons. The molecule has 2 N–H and O–H groups in total. The van der Waals surface area contributed by atoms with Gasteiger partial charge in [0, 0.05) is 13.1 Å². The quantitative estimate of drug-likeness (QED) is 0.800. The van der Waals surface area contributed by atoms with Crippen LogP contribution in [-0.2, 0) is 6.54 Å². The Bertz CT molecular complexity index is 383. The van der Waals surface area contributed by atoms with Crippen molar-refractivity contribution in [2.24, 2.45) is 0 Å². The Hall–Kier alpha value is -0.970. The van der Waals surface area contributed by atoms with E-state index in [9.17, 15) is 0 Å². The standard InChI is InChI=1S/C13H20ClNO3/c1-4-18-13-11(14)5-10(6-12(13)17-3)8-15-7-9(2)16/h5-6,9,15-16H,4,7-8H2,1-3H3. The van der Waals surface area contributed by atoms with Gasteiger partial charge in [0.1, 0.15) is 0 Å². The summed E-state index contributed by atoms with van der Waals surface area (Å²) in [5.74, 6) is 1.19. The highest BCUT2D eigenvalue weighted by molar-refractivity contribution is 6.32. The van der Waals surface area contributed by atoms with Crippen molar-refractivity contribution in [2.45, 2.75) is 26.5 Å². The summed E-state index contributed by atoms with van der Waals surface area (Å²) in [6, 6.07) is 3.72. The Kier molecular flexibility index (Phi) is 6.25. The molecule has 0 aromatic heterocycles. The number of rotatable bonds is 7. The lowest BCUT2D eigenvalue weighted by Gasteiger charge is -2.14. The van der Waals surface area contributed by atoms with Crippen LogP contribution in [0.4, 0.5) is 0 Å². The van der Waals surface area contributed by atoms with Crippen LogP contribution in [0.5, 0.6) is 11.5 Å². The molecule has 0 aliphatic carbocycles. The lowest BCUT2D eigenvalue weighted by atomic mass is 10.2. The molecule has 4 nitrogen and oxygen atoms in total. The molecule has 0 fully saturated rings. The molecule has 1 aromatic carbocycles. The van der Waals surface area contributed by atoms with Crippen LogP contribution >= 0.6 is 11.6 Å². The number of aliphatic hydroxyl groups excluding tert-OH is 1. The topological polar surface area (TPSA) is 50.7 Å². The first kappa shape index (κ1) is 15.1. The summed E-state index contributed by atoms with van der Waals surface area (Å²) < 4.78 is 10.7. The number of nitrogens with one attached hydrogen (secondary N) is 1. The van der Waals surface area contributed by atoms with Gasteiger partial charge in [0.2, 0.25) is 0 Å². The van der Waals surface area contributed by atoms with Gasteiger partial charge in [-0.05, 0) is 31.5 Å². The number of hydrogen-bond acceptors (Lipinski definition) is 4. The van der Waals surface area contributed by atoms with Crippen LogP contribution in [0.1, 0.15) is 19.4 Å². The maximum Gasteiger partial charge on any atom is 0.179 e. The minimum Gasteiger partial charge on any atom is -0.493 e. The van der Waals surface area contributed by atoms with E-state index in [0.29, 0.717) is 36.2 Å². The molecule has 1 rings (SSSR count). The Morgan fingerprint density at radius 1 is 1.44 bits per heavy atom. The van der Waals surface area contributed by atoms with Gasteiger partial charge in [0.25, 0.3) is 0 Å². The van der Waals surface area contributed by atoms with Crippen molar-refractivity contribution in [3.05, 3.63) is 22.7 Å². The molecule has 0 aliphatic heterocycles. The molecule has 0 saturated heterocycles. The summed E-state index contributed by atoms with van der Waals surface area (Å²) in [6.07, 6.45) is -0.370. The van der Waals surface area contributed by atoms with Gasteiger partial charge >= 0.3 is 0 Å². The van der Waals surface area contributed by atoms with Gasteiger partial charge in [-0.15, -0.1) is 0 Å². The van der Waals surface area contributed by atoms with Gasteiger partial charge in [-0.3, -0.25) is 0 Å². The first-order chi connectivity index (χ1) is 8.58. The van der Waals surface area contributed by atoms with E-state index >= 15 is 0 Å². The van der Waals surface area contributed by atoms with E-state index in [1.807, 2.05) is 19.1 Å². The number of hydrogen-bond donors (Lipinski definition) is 2. The lowest BCUT2D eigenvalue weighted by molar-refractivity contribution is 0.191. The first-order valence-corrected chi connectivity index (χ1v) is 6.34. The Labute approximate surface area is 113 Å². The molecule has 1 aromatic rings. The Morgan fingerprint density at radius 3 is 2.72 bits per heavy atom. The second-order valence-electron chi connectivity index (χ2n) is 4.02. The van der Waals surface area contributed by atoms with Crippen molar-refractivity contribution in [1.29, 1.82) is 0 Å². The third-order valence-corrected chi connectivity index (χ3v) is 2.63. The minimum absolute atomic E-state index is 0.370. The maximum atomic E-state index is 9.17. The highest BCUT2D eigenvalue weighted by Gasteiger charge is 2.11. The number of aliphatic hydroxyl groups is 1. The summed E-state index contributed by atoms with van der Waals surface area (Å²) in [7, 11) is 1.58. The molecule has 18 heavy (non-hydrogen) atoms. The van der Waals surface area contributed by atoms with Crippen LogP contribution in [0.3, 0.4) is 0 Å². The molecule has 0 bridgehead atoms. The van der Waals surface area contributed by atoms with Crippen LogP contribution in [0.2, 0.25) is 5.02 Å². The molecule has 0 aliphatic rings. The van der Waals surface area contributed by atoms with Crippen molar-refractivity contribution < 1.29 is 14.6 Å². The summed E-state index contributed by atoms with van der Waals surface area (Å²) >= 11 is 6.15. The maximum absolute atomic E-state index is 9.17. The fourth-order valence-electron chi connectivity index (χ4n) is 1.59. The van der Waals surface area contributed by atoms with Crippen LogP contribution < -0.4 is 14.8 Å². The van der Waals surface area contributed by atoms with Gasteiger partial charge in [-0.2, -0.15) is 0 Å². The van der Waals surface area contributed by atoms with Gasteiger partial charge in [-0.1, -0.05) is 11.6 Å². The van der Waals surface area contributed by atoms with Crippen molar-refractivity contribution in [2.75, 3.05) is 20.3 Å². The SMILES string of the molecule is CCOc1c(Cl)cc(CNCC(C)O)cc1OC. The second-order valence-corrected chi connectivity index (χ2v) is 4.43. The van der Waals surface area contributed by atoms with Gasteiger partial charge in [-0.25, -0.2) is 0 Å². The van der Waals surface area contributed by atoms with Crippen LogP contribution in [-0.4, -0.2) is 31.5 Å². The average Bonchev–Trinajstić information content (AvgIpc) is 2.31. The summed E-state index contributed by atoms with van der Waals surface area (Å²) in [5, 5.41) is 12.8. The van der Waals surface area contributed by atoms with E-state index in [4.69, 9.17) is 26.2 Å². The van der Waals surface area contributed by atoms with E-state index in [1.54, 1.807) is 14.0 Å². The highest BCUT2D eigenvalue weighted by Crippen LogP contribution is 2.36. The molecule has 5 heteroatoms. The van der Waals surface area contributed by atoms with E-state index in [2.05, 4.69) is 5.32 Å². The summed E-state index contributed by atoms with van der Waals surface area (Å²) in [5.41, 5.74) is 0.987. The summed E-state index contributed by atoms with van der Waals surface area (Å²) in [6.45, 7) is 5.32. The molecule has 102 valence electrons. The Morgan fingerprint density at radius 2 is 2.17 bits per heavy atom. The summed E-state index contributed by atoms with van der Waals surface area (Å²) in [4.78, 5) is 0. The number of methoxy groups -OCH3 is 1. The van der Waals surface area contributed by atoms with E-state index < -0.39 is 0 Å².